The van der Waals surface area contributed by atoms with Gasteiger partial charge in [-0.15, -0.1) is 0 Å². The number of nitrogens with zero attached hydrogens (tertiary/aromatic N) is 3. The first-order valence-electron chi connectivity index (χ1n) is 7.94. The molecule has 1 aliphatic heterocycles. The van der Waals surface area contributed by atoms with Gasteiger partial charge in [0.15, 0.2) is 0 Å². The van der Waals surface area contributed by atoms with Crippen molar-refractivity contribution in [2.24, 2.45) is 5.73 Å². The van der Waals surface area contributed by atoms with Crippen LogP contribution in [0.2, 0.25) is 0 Å². The first-order valence-corrected chi connectivity index (χ1v) is 7.94. The number of nitrogens with two attached hydrogens (primary N) is 1. The lowest BCUT2D eigenvalue weighted by Gasteiger charge is -2.39. The minimum Gasteiger partial charge on any atom is -0.354 e. The molecule has 2 heterocycles. The van der Waals surface area contributed by atoms with Gasteiger partial charge in [-0.1, -0.05) is 35.9 Å². The summed E-state index contributed by atoms with van der Waals surface area (Å²) in [5.41, 5.74) is 8.69. The van der Waals surface area contributed by atoms with Gasteiger partial charge in [0, 0.05) is 45.0 Å². The standard InChI is InChI=1S/C18H24N4/c1-15-5-4-6-16(13-15)17(14-19)21-9-11-22(12-10-21)18-7-2-3-8-20-18/h2-8,13,17H,9-12,14,19H2,1H3. The maximum atomic E-state index is 6.06. The van der Waals surface area contributed by atoms with E-state index in [0.717, 1.165) is 32.0 Å². The molecule has 0 saturated carbocycles. The summed E-state index contributed by atoms with van der Waals surface area (Å²) < 4.78 is 0. The van der Waals surface area contributed by atoms with Gasteiger partial charge in [0.1, 0.15) is 5.82 Å². The second-order valence-electron chi connectivity index (χ2n) is 5.88. The molecule has 0 aliphatic carbocycles. The molecule has 1 aliphatic rings. The Hall–Kier alpha value is -1.91. The van der Waals surface area contributed by atoms with Crippen molar-refractivity contribution in [3.8, 4) is 0 Å². The second-order valence-corrected chi connectivity index (χ2v) is 5.88. The molecule has 3 rings (SSSR count). The van der Waals surface area contributed by atoms with Crippen molar-refractivity contribution in [1.82, 2.24) is 9.88 Å². The van der Waals surface area contributed by atoms with E-state index >= 15 is 0 Å². The van der Waals surface area contributed by atoms with Crippen LogP contribution in [-0.2, 0) is 0 Å². The van der Waals surface area contributed by atoms with E-state index in [1.807, 2.05) is 18.3 Å². The fourth-order valence-electron chi connectivity index (χ4n) is 3.18. The zero-order valence-electron chi connectivity index (χ0n) is 13.2. The van der Waals surface area contributed by atoms with Crippen molar-refractivity contribution in [2.75, 3.05) is 37.6 Å². The SMILES string of the molecule is Cc1cccc(C(CN)N2CCN(c3ccccn3)CC2)c1. The maximum absolute atomic E-state index is 6.06. The number of benzene rings is 1. The third-order valence-electron chi connectivity index (χ3n) is 4.38. The van der Waals surface area contributed by atoms with E-state index in [1.165, 1.54) is 11.1 Å². The van der Waals surface area contributed by atoms with Crippen LogP contribution in [0, 0.1) is 6.92 Å². The molecule has 1 atom stereocenters. The number of piperazine rings is 1. The quantitative estimate of drug-likeness (QED) is 0.939. The van der Waals surface area contributed by atoms with Crippen molar-refractivity contribution in [3.05, 3.63) is 59.8 Å². The average molecular weight is 296 g/mol. The molecular formula is C18H24N4. The fourth-order valence-corrected chi connectivity index (χ4v) is 3.18. The van der Waals surface area contributed by atoms with Crippen LogP contribution in [0.4, 0.5) is 5.82 Å². The fraction of sp³-hybridized carbons (Fsp3) is 0.389. The Morgan fingerprint density at radius 1 is 1.09 bits per heavy atom. The highest BCUT2D eigenvalue weighted by atomic mass is 15.3. The molecule has 1 aromatic carbocycles. The third-order valence-corrected chi connectivity index (χ3v) is 4.38. The predicted molar refractivity (Wildman–Crippen MR) is 91.0 cm³/mol. The van der Waals surface area contributed by atoms with Crippen LogP contribution < -0.4 is 10.6 Å². The monoisotopic (exact) mass is 296 g/mol. The largest absolute Gasteiger partial charge is 0.354 e. The van der Waals surface area contributed by atoms with Crippen LogP contribution in [0.1, 0.15) is 17.2 Å². The smallest absolute Gasteiger partial charge is 0.128 e. The Morgan fingerprint density at radius 3 is 2.55 bits per heavy atom. The van der Waals surface area contributed by atoms with Crippen LogP contribution in [0.3, 0.4) is 0 Å². The molecule has 22 heavy (non-hydrogen) atoms. The molecule has 0 bridgehead atoms. The van der Waals surface area contributed by atoms with Crippen molar-refractivity contribution >= 4 is 5.82 Å². The Morgan fingerprint density at radius 2 is 1.91 bits per heavy atom. The van der Waals surface area contributed by atoms with Crippen molar-refractivity contribution in [3.63, 3.8) is 0 Å². The molecule has 4 nitrogen and oxygen atoms in total. The molecule has 2 N–H and O–H groups in total. The van der Waals surface area contributed by atoms with E-state index in [-0.39, 0.29) is 0 Å². The van der Waals surface area contributed by atoms with Gasteiger partial charge in [0.25, 0.3) is 0 Å². The number of hydrogen-bond acceptors (Lipinski definition) is 4. The third kappa shape index (κ3) is 3.29. The Balaban J connectivity index is 1.67. The van der Waals surface area contributed by atoms with Crippen LogP contribution in [0.25, 0.3) is 0 Å². The molecule has 1 fully saturated rings. The van der Waals surface area contributed by atoms with E-state index in [1.54, 1.807) is 0 Å². The number of pyridine rings is 1. The molecular weight excluding hydrogens is 272 g/mol. The summed E-state index contributed by atoms with van der Waals surface area (Å²) in [6.07, 6.45) is 1.86. The van der Waals surface area contributed by atoms with Gasteiger partial charge in [-0.25, -0.2) is 4.98 Å². The van der Waals surface area contributed by atoms with Gasteiger partial charge < -0.3 is 10.6 Å². The van der Waals surface area contributed by atoms with E-state index < -0.39 is 0 Å². The molecule has 0 radical (unpaired) electrons. The summed E-state index contributed by atoms with van der Waals surface area (Å²) >= 11 is 0. The number of aromatic nitrogens is 1. The number of hydrogen-bond donors (Lipinski definition) is 1. The predicted octanol–water partition coefficient (Wildman–Crippen LogP) is 2.21. The van der Waals surface area contributed by atoms with Crippen molar-refractivity contribution in [2.45, 2.75) is 13.0 Å². The molecule has 1 unspecified atom stereocenters. The molecule has 2 aromatic rings. The molecule has 0 spiro atoms. The van der Waals surface area contributed by atoms with Crippen molar-refractivity contribution < 1.29 is 0 Å². The Kier molecular flexibility index (Phi) is 4.71. The lowest BCUT2D eigenvalue weighted by atomic mass is 10.0. The highest BCUT2D eigenvalue weighted by Crippen LogP contribution is 2.23. The summed E-state index contributed by atoms with van der Waals surface area (Å²) in [4.78, 5) is 9.29. The number of aryl methyl sites for hydroxylation is 1. The van der Waals surface area contributed by atoms with E-state index in [0.29, 0.717) is 12.6 Å². The highest BCUT2D eigenvalue weighted by Gasteiger charge is 2.24. The molecule has 0 amide bonds. The van der Waals surface area contributed by atoms with E-state index in [2.05, 4.69) is 52.0 Å². The number of rotatable bonds is 4. The van der Waals surface area contributed by atoms with Crippen LogP contribution in [-0.4, -0.2) is 42.6 Å². The van der Waals surface area contributed by atoms with Crippen LogP contribution in [0.5, 0.6) is 0 Å². The summed E-state index contributed by atoms with van der Waals surface area (Å²) in [5.74, 6) is 1.07. The van der Waals surface area contributed by atoms with Gasteiger partial charge >= 0.3 is 0 Å². The Labute approximate surface area is 132 Å². The topological polar surface area (TPSA) is 45.4 Å². The first-order chi connectivity index (χ1) is 10.8. The summed E-state index contributed by atoms with van der Waals surface area (Å²) in [6.45, 7) is 6.83. The van der Waals surface area contributed by atoms with Gasteiger partial charge in [0.05, 0.1) is 0 Å². The lowest BCUT2D eigenvalue weighted by Crippen LogP contribution is -2.49. The minimum absolute atomic E-state index is 0.311. The zero-order chi connectivity index (χ0) is 15.4. The molecule has 4 heteroatoms. The summed E-state index contributed by atoms with van der Waals surface area (Å²) in [6, 6.07) is 15.1. The van der Waals surface area contributed by atoms with Gasteiger partial charge in [-0.05, 0) is 24.6 Å². The van der Waals surface area contributed by atoms with Gasteiger partial charge in [-0.3, -0.25) is 4.90 Å². The molecule has 116 valence electrons. The summed E-state index contributed by atoms with van der Waals surface area (Å²) in [5, 5.41) is 0. The zero-order valence-corrected chi connectivity index (χ0v) is 13.2. The molecule has 1 saturated heterocycles. The molecule has 1 aromatic heterocycles. The van der Waals surface area contributed by atoms with Gasteiger partial charge in [0.2, 0.25) is 0 Å². The summed E-state index contributed by atoms with van der Waals surface area (Å²) in [7, 11) is 0. The second kappa shape index (κ2) is 6.90. The number of anilines is 1. The first kappa shape index (κ1) is 15.0. The van der Waals surface area contributed by atoms with Crippen LogP contribution in [0.15, 0.2) is 48.7 Å². The van der Waals surface area contributed by atoms with E-state index in [4.69, 9.17) is 5.73 Å². The average Bonchev–Trinajstić information content (AvgIpc) is 2.57. The van der Waals surface area contributed by atoms with Gasteiger partial charge in [-0.2, -0.15) is 0 Å². The van der Waals surface area contributed by atoms with Crippen molar-refractivity contribution in [1.29, 1.82) is 0 Å². The highest BCUT2D eigenvalue weighted by molar-refractivity contribution is 5.38. The van der Waals surface area contributed by atoms with E-state index in [9.17, 15) is 0 Å². The normalized spacial score (nSPS) is 17.5. The van der Waals surface area contributed by atoms with Crippen LogP contribution >= 0.6 is 0 Å². The minimum atomic E-state index is 0.311. The lowest BCUT2D eigenvalue weighted by molar-refractivity contribution is 0.190. The Bertz CT molecular complexity index is 591. The maximum Gasteiger partial charge on any atom is 0.128 e.